The second-order valence-corrected chi connectivity index (χ2v) is 3.69. The van der Waals surface area contributed by atoms with Crippen molar-refractivity contribution < 1.29 is 5.11 Å². The molecule has 0 bridgehead atoms. The standard InChI is InChI=1S/C14H10O/c15-12-8-7-11-4-1-3-10-5-2-6-13(10)14(11)9-12/h1-9,15H. The smallest absolute Gasteiger partial charge is 0.116 e. The van der Waals surface area contributed by atoms with E-state index in [1.165, 1.54) is 11.1 Å². The van der Waals surface area contributed by atoms with E-state index in [1.54, 1.807) is 6.07 Å². The molecule has 72 valence electrons. The number of hydrogen-bond acceptors (Lipinski definition) is 1. The molecule has 0 heterocycles. The minimum Gasteiger partial charge on any atom is -0.508 e. The Morgan fingerprint density at radius 1 is 0.800 bits per heavy atom. The van der Waals surface area contributed by atoms with Crippen molar-refractivity contribution in [3.63, 3.8) is 0 Å². The number of aromatic hydroxyl groups is 1. The zero-order chi connectivity index (χ0) is 10.3. The largest absolute Gasteiger partial charge is 0.508 e. The maximum atomic E-state index is 9.51. The molecule has 0 aromatic heterocycles. The fraction of sp³-hybridized carbons (Fsp3) is 0. The Labute approximate surface area is 87.9 Å². The summed E-state index contributed by atoms with van der Waals surface area (Å²) >= 11 is 0. The second kappa shape index (κ2) is 2.99. The molecule has 15 heavy (non-hydrogen) atoms. The van der Waals surface area contributed by atoms with Crippen LogP contribution in [0.1, 0.15) is 0 Å². The molecule has 1 heteroatoms. The summed E-state index contributed by atoms with van der Waals surface area (Å²) in [7, 11) is 0. The van der Waals surface area contributed by atoms with Crippen LogP contribution >= 0.6 is 0 Å². The quantitative estimate of drug-likeness (QED) is 0.579. The first-order valence-corrected chi connectivity index (χ1v) is 4.95. The molecule has 0 amide bonds. The fourth-order valence-corrected chi connectivity index (χ4v) is 2.00. The van der Waals surface area contributed by atoms with E-state index in [0.29, 0.717) is 5.75 Å². The third-order valence-electron chi connectivity index (χ3n) is 2.73. The molecule has 0 saturated heterocycles. The van der Waals surface area contributed by atoms with Crippen LogP contribution in [0.25, 0.3) is 21.9 Å². The van der Waals surface area contributed by atoms with E-state index in [-0.39, 0.29) is 0 Å². The lowest BCUT2D eigenvalue weighted by molar-refractivity contribution is 0.476. The van der Waals surface area contributed by atoms with Crippen LogP contribution in [0.3, 0.4) is 0 Å². The molecular formula is C14H10O. The molecule has 2 aliphatic carbocycles. The number of benzene rings is 1. The molecule has 1 aromatic carbocycles. The summed E-state index contributed by atoms with van der Waals surface area (Å²) in [6, 6.07) is 17.9. The average molecular weight is 194 g/mol. The van der Waals surface area contributed by atoms with Crippen molar-refractivity contribution in [3.8, 4) is 16.9 Å². The first kappa shape index (κ1) is 8.30. The summed E-state index contributed by atoms with van der Waals surface area (Å²) in [5.74, 6) is 0.316. The summed E-state index contributed by atoms with van der Waals surface area (Å²) in [5, 5.41) is 11.8. The maximum absolute atomic E-state index is 9.51. The Morgan fingerprint density at radius 2 is 1.60 bits per heavy atom. The lowest BCUT2D eigenvalue weighted by Crippen LogP contribution is -1.72. The zero-order valence-electron chi connectivity index (χ0n) is 8.14. The van der Waals surface area contributed by atoms with Crippen LogP contribution in [-0.4, -0.2) is 5.11 Å². The highest BCUT2D eigenvalue weighted by molar-refractivity contribution is 5.97. The monoisotopic (exact) mass is 194 g/mol. The Hall–Kier alpha value is -2.02. The van der Waals surface area contributed by atoms with Gasteiger partial charge in [-0.2, -0.15) is 0 Å². The summed E-state index contributed by atoms with van der Waals surface area (Å²) in [5.41, 5.74) is 2.39. The lowest BCUT2D eigenvalue weighted by Gasteiger charge is -1.99. The van der Waals surface area contributed by atoms with E-state index in [4.69, 9.17) is 0 Å². The van der Waals surface area contributed by atoms with Crippen LogP contribution in [0.4, 0.5) is 0 Å². The minimum absolute atomic E-state index is 0.316. The minimum atomic E-state index is 0.316. The molecule has 0 unspecified atom stereocenters. The Balaban J connectivity index is 2.53. The normalized spacial score (nSPS) is 10.9. The molecule has 0 spiro atoms. The van der Waals surface area contributed by atoms with Gasteiger partial charge in [-0.3, -0.25) is 0 Å². The number of fused-ring (bicyclic) bond motifs is 3. The molecular weight excluding hydrogens is 184 g/mol. The van der Waals surface area contributed by atoms with Gasteiger partial charge in [-0.25, -0.2) is 0 Å². The van der Waals surface area contributed by atoms with Gasteiger partial charge in [-0.1, -0.05) is 42.5 Å². The van der Waals surface area contributed by atoms with Crippen LogP contribution in [0.2, 0.25) is 0 Å². The fourth-order valence-electron chi connectivity index (χ4n) is 2.00. The van der Waals surface area contributed by atoms with Gasteiger partial charge in [0.15, 0.2) is 0 Å². The number of phenolic OH excluding ortho intramolecular Hbond substituents is 1. The Morgan fingerprint density at radius 3 is 2.47 bits per heavy atom. The van der Waals surface area contributed by atoms with Gasteiger partial charge in [-0.15, -0.1) is 0 Å². The molecule has 1 N–H and O–H groups in total. The van der Waals surface area contributed by atoms with Crippen molar-refractivity contribution in [2.75, 3.05) is 0 Å². The summed E-state index contributed by atoms with van der Waals surface area (Å²) in [6.07, 6.45) is 0. The summed E-state index contributed by atoms with van der Waals surface area (Å²) in [4.78, 5) is 0. The van der Waals surface area contributed by atoms with Crippen molar-refractivity contribution in [1.29, 1.82) is 0 Å². The third-order valence-corrected chi connectivity index (χ3v) is 2.73. The molecule has 0 radical (unpaired) electrons. The van der Waals surface area contributed by atoms with Crippen molar-refractivity contribution >= 4 is 10.8 Å². The predicted octanol–water partition coefficient (Wildman–Crippen LogP) is 3.65. The highest BCUT2D eigenvalue weighted by Gasteiger charge is 2.04. The topological polar surface area (TPSA) is 20.2 Å². The second-order valence-electron chi connectivity index (χ2n) is 3.69. The Bertz CT molecular complexity index is 598. The van der Waals surface area contributed by atoms with Crippen molar-refractivity contribution in [1.82, 2.24) is 0 Å². The van der Waals surface area contributed by atoms with Gasteiger partial charge >= 0.3 is 0 Å². The molecule has 0 saturated carbocycles. The van der Waals surface area contributed by atoms with Crippen LogP contribution in [0, 0.1) is 0 Å². The van der Waals surface area contributed by atoms with E-state index in [9.17, 15) is 5.11 Å². The van der Waals surface area contributed by atoms with Gasteiger partial charge in [0.25, 0.3) is 0 Å². The van der Waals surface area contributed by atoms with E-state index in [0.717, 1.165) is 10.8 Å². The number of hydrogen-bond donors (Lipinski definition) is 1. The molecule has 0 atom stereocenters. The highest BCUT2D eigenvalue weighted by atomic mass is 16.3. The van der Waals surface area contributed by atoms with Crippen LogP contribution in [0.15, 0.2) is 54.6 Å². The average Bonchev–Trinajstić information content (AvgIpc) is 2.62. The van der Waals surface area contributed by atoms with Gasteiger partial charge in [0.05, 0.1) is 0 Å². The molecule has 1 nitrogen and oxygen atoms in total. The van der Waals surface area contributed by atoms with Gasteiger partial charge < -0.3 is 5.11 Å². The van der Waals surface area contributed by atoms with Gasteiger partial charge in [-0.05, 0) is 34.0 Å². The van der Waals surface area contributed by atoms with E-state index < -0.39 is 0 Å². The number of phenols is 1. The van der Waals surface area contributed by atoms with Gasteiger partial charge in [0.1, 0.15) is 5.75 Å². The van der Waals surface area contributed by atoms with Crippen molar-refractivity contribution in [2.24, 2.45) is 0 Å². The molecule has 0 aliphatic heterocycles. The van der Waals surface area contributed by atoms with Gasteiger partial charge in [0.2, 0.25) is 0 Å². The molecule has 2 aliphatic rings. The van der Waals surface area contributed by atoms with Crippen LogP contribution < -0.4 is 0 Å². The number of rotatable bonds is 0. The highest BCUT2D eigenvalue weighted by Crippen LogP contribution is 2.31. The SMILES string of the molecule is Oc1ccc2cccc3cccc-3c2c1. The first-order chi connectivity index (χ1) is 7.34. The van der Waals surface area contributed by atoms with Crippen LogP contribution in [-0.2, 0) is 0 Å². The van der Waals surface area contributed by atoms with E-state index in [2.05, 4.69) is 24.3 Å². The third kappa shape index (κ3) is 1.24. The Kier molecular flexibility index (Phi) is 1.65. The van der Waals surface area contributed by atoms with Gasteiger partial charge in [0, 0.05) is 0 Å². The van der Waals surface area contributed by atoms with Crippen molar-refractivity contribution in [2.45, 2.75) is 0 Å². The lowest BCUT2D eigenvalue weighted by atomic mass is 10.1. The summed E-state index contributed by atoms with van der Waals surface area (Å²) < 4.78 is 0. The predicted molar refractivity (Wildman–Crippen MR) is 62.2 cm³/mol. The molecule has 3 rings (SSSR count). The zero-order valence-corrected chi connectivity index (χ0v) is 8.14. The summed E-state index contributed by atoms with van der Waals surface area (Å²) in [6.45, 7) is 0. The van der Waals surface area contributed by atoms with E-state index >= 15 is 0 Å². The molecule has 0 fully saturated rings. The van der Waals surface area contributed by atoms with Crippen LogP contribution in [0.5, 0.6) is 5.75 Å². The maximum Gasteiger partial charge on any atom is 0.116 e. The van der Waals surface area contributed by atoms with E-state index in [1.807, 2.05) is 24.3 Å². The van der Waals surface area contributed by atoms with Crippen molar-refractivity contribution in [3.05, 3.63) is 54.6 Å². The molecule has 1 aromatic rings. The first-order valence-electron chi connectivity index (χ1n) is 4.95.